The highest BCUT2D eigenvalue weighted by Gasteiger charge is 2.22. The molecule has 1 aromatic rings. The van der Waals surface area contributed by atoms with Crippen molar-refractivity contribution in [1.29, 1.82) is 0 Å². The van der Waals surface area contributed by atoms with Crippen molar-refractivity contribution in [1.82, 2.24) is 4.98 Å². The molecule has 0 saturated heterocycles. The second-order valence-corrected chi connectivity index (χ2v) is 5.05. The summed E-state index contributed by atoms with van der Waals surface area (Å²) in [5, 5.41) is 12.9. The number of hydrogen-bond acceptors (Lipinski definition) is 4. The lowest BCUT2D eigenvalue weighted by Crippen LogP contribution is -2.33. The summed E-state index contributed by atoms with van der Waals surface area (Å²) in [6, 6.07) is 1.66. The van der Waals surface area contributed by atoms with Crippen molar-refractivity contribution in [3.8, 4) is 0 Å². The minimum absolute atomic E-state index is 0.215. The third-order valence-electron chi connectivity index (χ3n) is 2.57. The maximum atomic E-state index is 11.1. The summed E-state index contributed by atoms with van der Waals surface area (Å²) in [7, 11) is 0. The number of aromatic nitrogens is 1. The van der Waals surface area contributed by atoms with Crippen molar-refractivity contribution in [3.63, 3.8) is 0 Å². The SMILES string of the molecule is CC(C)(C)C(O)CNc1ccncc1C(N)=O. The van der Waals surface area contributed by atoms with Gasteiger partial charge in [-0.15, -0.1) is 0 Å². The summed E-state index contributed by atoms with van der Waals surface area (Å²) in [4.78, 5) is 15.0. The fraction of sp³-hybridized carbons (Fsp3) is 0.500. The maximum absolute atomic E-state index is 11.1. The van der Waals surface area contributed by atoms with Gasteiger partial charge in [0.25, 0.3) is 5.91 Å². The Bertz CT molecular complexity index is 399. The normalized spacial score (nSPS) is 13.2. The summed E-state index contributed by atoms with van der Waals surface area (Å²) in [6.45, 7) is 6.19. The summed E-state index contributed by atoms with van der Waals surface area (Å²) in [5.74, 6) is -0.536. The van der Waals surface area contributed by atoms with Crippen LogP contribution < -0.4 is 11.1 Å². The summed E-state index contributed by atoms with van der Waals surface area (Å²) in [5.41, 5.74) is 5.93. The molecular weight excluding hydrogens is 218 g/mol. The van der Waals surface area contributed by atoms with Gasteiger partial charge >= 0.3 is 0 Å². The first-order valence-electron chi connectivity index (χ1n) is 5.48. The van der Waals surface area contributed by atoms with Crippen LogP contribution in [0.1, 0.15) is 31.1 Å². The fourth-order valence-corrected chi connectivity index (χ4v) is 1.26. The molecule has 1 atom stereocenters. The lowest BCUT2D eigenvalue weighted by Gasteiger charge is -2.26. The molecule has 1 unspecified atom stereocenters. The molecule has 0 saturated carbocycles. The number of rotatable bonds is 4. The van der Waals surface area contributed by atoms with Gasteiger partial charge in [-0.3, -0.25) is 9.78 Å². The Morgan fingerprint density at radius 2 is 2.24 bits per heavy atom. The number of anilines is 1. The van der Waals surface area contributed by atoms with E-state index >= 15 is 0 Å². The Kier molecular flexibility index (Phi) is 4.07. The molecule has 1 rings (SSSR count). The van der Waals surface area contributed by atoms with Gasteiger partial charge in [-0.05, 0) is 11.5 Å². The minimum Gasteiger partial charge on any atom is -0.391 e. The van der Waals surface area contributed by atoms with E-state index in [2.05, 4.69) is 10.3 Å². The van der Waals surface area contributed by atoms with Crippen molar-refractivity contribution >= 4 is 11.6 Å². The van der Waals surface area contributed by atoms with Crippen molar-refractivity contribution in [2.75, 3.05) is 11.9 Å². The number of amides is 1. The van der Waals surface area contributed by atoms with Crippen molar-refractivity contribution < 1.29 is 9.90 Å². The van der Waals surface area contributed by atoms with Crippen LogP contribution >= 0.6 is 0 Å². The van der Waals surface area contributed by atoms with Gasteiger partial charge in [-0.1, -0.05) is 20.8 Å². The number of aliphatic hydroxyl groups excluding tert-OH is 1. The number of carbonyl (C=O) groups is 1. The first-order chi connectivity index (χ1) is 7.82. The molecule has 94 valence electrons. The second-order valence-electron chi connectivity index (χ2n) is 5.05. The van der Waals surface area contributed by atoms with Crippen molar-refractivity contribution in [3.05, 3.63) is 24.0 Å². The predicted octanol–water partition coefficient (Wildman–Crippen LogP) is 0.999. The number of nitrogens with one attached hydrogen (secondary N) is 1. The molecular formula is C12H19N3O2. The molecule has 1 aromatic heterocycles. The molecule has 1 heterocycles. The third kappa shape index (κ3) is 3.71. The van der Waals surface area contributed by atoms with E-state index in [0.717, 1.165) is 0 Å². The number of aliphatic hydroxyl groups is 1. The summed E-state index contributed by atoms with van der Waals surface area (Å²) >= 11 is 0. The number of carbonyl (C=O) groups excluding carboxylic acids is 1. The Balaban J connectivity index is 2.73. The van der Waals surface area contributed by atoms with Gasteiger partial charge in [-0.25, -0.2) is 0 Å². The largest absolute Gasteiger partial charge is 0.391 e. The van der Waals surface area contributed by atoms with Crippen LogP contribution in [0.3, 0.4) is 0 Å². The smallest absolute Gasteiger partial charge is 0.252 e. The Hall–Kier alpha value is -1.62. The summed E-state index contributed by atoms with van der Waals surface area (Å²) in [6.07, 6.45) is 2.46. The van der Waals surface area contributed by atoms with Crippen LogP contribution in [0.15, 0.2) is 18.5 Å². The fourth-order valence-electron chi connectivity index (χ4n) is 1.26. The molecule has 1 amide bonds. The molecule has 5 heteroatoms. The number of hydrogen-bond donors (Lipinski definition) is 3. The Morgan fingerprint density at radius 3 is 2.76 bits per heavy atom. The maximum Gasteiger partial charge on any atom is 0.252 e. The molecule has 0 aliphatic carbocycles. The van der Waals surface area contributed by atoms with Crippen LogP contribution in [0, 0.1) is 5.41 Å². The third-order valence-corrected chi connectivity index (χ3v) is 2.57. The van der Waals surface area contributed by atoms with Gasteiger partial charge in [0.2, 0.25) is 0 Å². The van der Waals surface area contributed by atoms with Gasteiger partial charge in [0.15, 0.2) is 0 Å². The van der Waals surface area contributed by atoms with Gasteiger partial charge in [0, 0.05) is 18.9 Å². The molecule has 0 aliphatic heterocycles. The van der Waals surface area contributed by atoms with Gasteiger partial charge < -0.3 is 16.2 Å². The standard InChI is InChI=1S/C12H19N3O2/c1-12(2,3)10(16)7-15-9-4-5-14-6-8(9)11(13)17/h4-6,10,16H,7H2,1-3H3,(H2,13,17)(H,14,15). The van der Waals surface area contributed by atoms with E-state index in [-0.39, 0.29) is 5.41 Å². The topological polar surface area (TPSA) is 88.2 Å². The van der Waals surface area contributed by atoms with Crippen LogP contribution in [0.25, 0.3) is 0 Å². The van der Waals surface area contributed by atoms with E-state index in [4.69, 9.17) is 5.73 Å². The van der Waals surface area contributed by atoms with Crippen LogP contribution in [0.5, 0.6) is 0 Å². The average Bonchev–Trinajstić information content (AvgIpc) is 2.24. The molecule has 0 bridgehead atoms. The zero-order valence-electron chi connectivity index (χ0n) is 10.4. The lowest BCUT2D eigenvalue weighted by atomic mass is 9.89. The number of pyridine rings is 1. The highest BCUT2D eigenvalue weighted by atomic mass is 16.3. The van der Waals surface area contributed by atoms with Crippen LogP contribution in [0.4, 0.5) is 5.69 Å². The number of nitrogens with two attached hydrogens (primary N) is 1. The van der Waals surface area contributed by atoms with E-state index < -0.39 is 12.0 Å². The van der Waals surface area contributed by atoms with Crippen LogP contribution in [0.2, 0.25) is 0 Å². The quantitative estimate of drug-likeness (QED) is 0.729. The second kappa shape index (κ2) is 5.14. The minimum atomic E-state index is -0.536. The zero-order chi connectivity index (χ0) is 13.1. The molecule has 5 nitrogen and oxygen atoms in total. The highest BCUT2D eigenvalue weighted by Crippen LogP contribution is 2.20. The molecule has 0 radical (unpaired) electrons. The Labute approximate surface area is 101 Å². The van der Waals surface area contributed by atoms with E-state index in [1.165, 1.54) is 6.20 Å². The van der Waals surface area contributed by atoms with Gasteiger partial charge in [0.05, 0.1) is 17.4 Å². The van der Waals surface area contributed by atoms with Gasteiger partial charge in [-0.2, -0.15) is 0 Å². The number of primary amides is 1. The lowest BCUT2D eigenvalue weighted by molar-refractivity contribution is 0.0745. The summed E-state index contributed by atoms with van der Waals surface area (Å²) < 4.78 is 0. The van der Waals surface area contributed by atoms with E-state index in [9.17, 15) is 9.90 Å². The molecule has 0 aromatic carbocycles. The van der Waals surface area contributed by atoms with Crippen LogP contribution in [-0.2, 0) is 0 Å². The predicted molar refractivity (Wildman–Crippen MR) is 66.7 cm³/mol. The Morgan fingerprint density at radius 1 is 1.59 bits per heavy atom. The molecule has 17 heavy (non-hydrogen) atoms. The molecule has 0 fully saturated rings. The van der Waals surface area contributed by atoms with Crippen LogP contribution in [-0.4, -0.2) is 28.6 Å². The monoisotopic (exact) mass is 237 g/mol. The molecule has 0 spiro atoms. The first-order valence-corrected chi connectivity index (χ1v) is 5.48. The zero-order valence-corrected chi connectivity index (χ0v) is 10.4. The van der Waals surface area contributed by atoms with Crippen molar-refractivity contribution in [2.24, 2.45) is 11.1 Å². The highest BCUT2D eigenvalue weighted by molar-refractivity contribution is 5.98. The first kappa shape index (κ1) is 13.4. The van der Waals surface area contributed by atoms with E-state index in [1.54, 1.807) is 12.3 Å². The molecule has 4 N–H and O–H groups in total. The van der Waals surface area contributed by atoms with E-state index in [1.807, 2.05) is 20.8 Å². The van der Waals surface area contributed by atoms with E-state index in [0.29, 0.717) is 17.8 Å². The average molecular weight is 237 g/mol. The van der Waals surface area contributed by atoms with Crippen molar-refractivity contribution in [2.45, 2.75) is 26.9 Å². The molecule has 0 aliphatic rings. The van der Waals surface area contributed by atoms with Gasteiger partial charge in [0.1, 0.15) is 0 Å². The number of nitrogens with zero attached hydrogens (tertiary/aromatic N) is 1.